The van der Waals surface area contributed by atoms with E-state index in [2.05, 4.69) is 10.2 Å². The Balaban J connectivity index is 1.42. The molecule has 1 unspecified atom stereocenters. The van der Waals surface area contributed by atoms with Crippen LogP contribution in [0.25, 0.3) is 0 Å². The molecular weight excluding hydrogens is 360 g/mol. The van der Waals surface area contributed by atoms with E-state index in [4.69, 9.17) is 5.73 Å². The Hall–Kier alpha value is -2.74. The van der Waals surface area contributed by atoms with Crippen LogP contribution in [-0.2, 0) is 9.59 Å². The van der Waals surface area contributed by atoms with Crippen LogP contribution in [0.15, 0.2) is 18.2 Å². The number of carbonyl (C=O) groups excluding carboxylic acids is 4. The van der Waals surface area contributed by atoms with Gasteiger partial charge >= 0.3 is 0 Å². The summed E-state index contributed by atoms with van der Waals surface area (Å²) in [4.78, 5) is 52.5. The van der Waals surface area contributed by atoms with Crippen molar-refractivity contribution in [2.45, 2.75) is 31.7 Å². The van der Waals surface area contributed by atoms with Gasteiger partial charge < -0.3 is 10.6 Å². The first kappa shape index (κ1) is 17.4. The fourth-order valence-corrected chi connectivity index (χ4v) is 5.15. The molecule has 1 saturated carbocycles. The van der Waals surface area contributed by atoms with E-state index in [0.29, 0.717) is 23.6 Å². The van der Waals surface area contributed by atoms with E-state index in [1.165, 1.54) is 6.42 Å². The molecular formula is C20H22N4O4. The molecule has 146 valence electrons. The minimum atomic E-state index is -0.934. The van der Waals surface area contributed by atoms with Crippen molar-refractivity contribution in [3.05, 3.63) is 29.3 Å². The Morgan fingerprint density at radius 2 is 1.89 bits per heavy atom. The van der Waals surface area contributed by atoms with Gasteiger partial charge in [-0.15, -0.1) is 0 Å². The van der Waals surface area contributed by atoms with Crippen LogP contribution in [0.4, 0.5) is 5.69 Å². The van der Waals surface area contributed by atoms with Gasteiger partial charge in [0.1, 0.15) is 6.04 Å². The summed E-state index contributed by atoms with van der Waals surface area (Å²) >= 11 is 0. The third kappa shape index (κ3) is 2.27. The number of carbonyl (C=O) groups is 4. The third-order valence-electron chi connectivity index (χ3n) is 7.00. The van der Waals surface area contributed by atoms with E-state index in [0.717, 1.165) is 30.1 Å². The van der Waals surface area contributed by atoms with Gasteiger partial charge in [-0.25, -0.2) is 0 Å². The Kier molecular flexibility index (Phi) is 3.64. The van der Waals surface area contributed by atoms with Gasteiger partial charge in [0.25, 0.3) is 11.8 Å². The molecule has 0 bridgehead atoms. The highest BCUT2D eigenvalue weighted by Gasteiger charge is 2.52. The Morgan fingerprint density at radius 1 is 1.11 bits per heavy atom. The van der Waals surface area contributed by atoms with Gasteiger partial charge in [0.2, 0.25) is 11.8 Å². The van der Waals surface area contributed by atoms with Crippen LogP contribution in [0.2, 0.25) is 0 Å². The van der Waals surface area contributed by atoms with Gasteiger partial charge in [-0.1, -0.05) is 0 Å². The maximum absolute atomic E-state index is 13.0. The van der Waals surface area contributed by atoms with Crippen molar-refractivity contribution >= 4 is 29.3 Å². The van der Waals surface area contributed by atoms with Crippen LogP contribution in [0, 0.1) is 11.3 Å². The summed E-state index contributed by atoms with van der Waals surface area (Å²) in [6.07, 6.45) is 2.59. The van der Waals surface area contributed by atoms with Gasteiger partial charge in [0, 0.05) is 30.6 Å². The Bertz CT molecular complexity index is 925. The van der Waals surface area contributed by atoms with Crippen molar-refractivity contribution in [1.29, 1.82) is 0 Å². The number of benzene rings is 1. The summed E-state index contributed by atoms with van der Waals surface area (Å²) in [5, 5.41) is 2.21. The smallest absolute Gasteiger partial charge is 0.262 e. The lowest BCUT2D eigenvalue weighted by Crippen LogP contribution is -2.54. The van der Waals surface area contributed by atoms with Crippen LogP contribution in [0.5, 0.6) is 0 Å². The van der Waals surface area contributed by atoms with E-state index < -0.39 is 23.8 Å². The van der Waals surface area contributed by atoms with Crippen molar-refractivity contribution in [3.8, 4) is 0 Å². The third-order valence-corrected chi connectivity index (χ3v) is 7.00. The lowest BCUT2D eigenvalue weighted by molar-refractivity contribution is -0.136. The number of piperidine rings is 1. The van der Waals surface area contributed by atoms with E-state index in [-0.39, 0.29) is 24.2 Å². The second kappa shape index (κ2) is 5.88. The normalized spacial score (nSPS) is 31.6. The quantitative estimate of drug-likeness (QED) is 0.726. The number of hydrogen-bond donors (Lipinski definition) is 2. The monoisotopic (exact) mass is 382 g/mol. The van der Waals surface area contributed by atoms with Gasteiger partial charge in [-0.3, -0.25) is 29.4 Å². The molecule has 28 heavy (non-hydrogen) atoms. The van der Waals surface area contributed by atoms with Gasteiger partial charge in [0.05, 0.1) is 11.1 Å². The first-order valence-electron chi connectivity index (χ1n) is 9.74. The number of nitrogens with two attached hydrogens (primary N) is 1. The highest BCUT2D eigenvalue weighted by atomic mass is 16.2. The van der Waals surface area contributed by atoms with Crippen LogP contribution in [-0.4, -0.2) is 54.2 Å². The molecule has 2 saturated heterocycles. The van der Waals surface area contributed by atoms with E-state index in [9.17, 15) is 19.2 Å². The molecule has 0 aromatic heterocycles. The van der Waals surface area contributed by atoms with Crippen LogP contribution >= 0.6 is 0 Å². The molecule has 4 aliphatic rings. The molecule has 3 heterocycles. The Labute approximate surface area is 162 Å². The summed E-state index contributed by atoms with van der Waals surface area (Å²) < 4.78 is 0. The molecule has 3 N–H and O–H groups in total. The molecule has 1 aliphatic carbocycles. The molecule has 1 aromatic carbocycles. The molecule has 4 amide bonds. The standard InChI is InChI=1S/C20H22N4O4/c21-9-20-6-5-11(20)8-23(10-20)12-1-2-13-14(7-12)19(28)24(18(13)27)15-3-4-16(25)22-17(15)26/h1-2,7,11,15H,3-6,8-10,21H2,(H,22,25,26)/t11-,15?,20-/m0/s1. The average molecular weight is 382 g/mol. The van der Waals surface area contributed by atoms with Crippen LogP contribution in [0.1, 0.15) is 46.4 Å². The number of imide groups is 2. The molecule has 8 heteroatoms. The number of rotatable bonds is 3. The molecule has 8 nitrogen and oxygen atoms in total. The molecule has 5 rings (SSSR count). The van der Waals surface area contributed by atoms with Crippen molar-refractivity contribution in [3.63, 3.8) is 0 Å². The minimum Gasteiger partial charge on any atom is -0.371 e. The van der Waals surface area contributed by atoms with Crippen molar-refractivity contribution in [2.24, 2.45) is 17.1 Å². The van der Waals surface area contributed by atoms with Crippen molar-refractivity contribution in [2.75, 3.05) is 24.5 Å². The summed E-state index contributed by atoms with van der Waals surface area (Å²) in [5.74, 6) is -1.32. The van der Waals surface area contributed by atoms with Crippen molar-refractivity contribution in [1.82, 2.24) is 10.2 Å². The largest absolute Gasteiger partial charge is 0.371 e. The summed E-state index contributed by atoms with van der Waals surface area (Å²) in [7, 11) is 0. The maximum atomic E-state index is 13.0. The maximum Gasteiger partial charge on any atom is 0.262 e. The number of amides is 4. The van der Waals surface area contributed by atoms with Gasteiger partial charge in [0.15, 0.2) is 0 Å². The predicted octanol–water partition coefficient (Wildman–Crippen LogP) is 0.263. The van der Waals surface area contributed by atoms with Gasteiger partial charge in [-0.05, 0) is 49.9 Å². The highest BCUT2D eigenvalue weighted by molar-refractivity contribution is 6.23. The van der Waals surface area contributed by atoms with E-state index in [1.54, 1.807) is 12.1 Å². The van der Waals surface area contributed by atoms with Crippen molar-refractivity contribution < 1.29 is 19.2 Å². The minimum absolute atomic E-state index is 0.116. The van der Waals surface area contributed by atoms with E-state index in [1.807, 2.05) is 6.07 Å². The number of nitrogens with one attached hydrogen (secondary N) is 1. The predicted molar refractivity (Wildman–Crippen MR) is 99.5 cm³/mol. The highest BCUT2D eigenvalue weighted by Crippen LogP contribution is 2.52. The average Bonchev–Trinajstić information content (AvgIpc) is 3.07. The summed E-state index contributed by atoms with van der Waals surface area (Å²) in [6.45, 7) is 2.45. The zero-order chi connectivity index (χ0) is 19.6. The summed E-state index contributed by atoms with van der Waals surface area (Å²) in [5.41, 5.74) is 7.74. The Morgan fingerprint density at radius 3 is 2.54 bits per heavy atom. The molecule has 1 aromatic rings. The van der Waals surface area contributed by atoms with Gasteiger partial charge in [-0.2, -0.15) is 0 Å². The molecule has 0 spiro atoms. The topological polar surface area (TPSA) is 113 Å². The lowest BCUT2D eigenvalue weighted by atomic mass is 9.62. The SMILES string of the molecule is NC[C@]12CC[C@H]1CN(c1ccc3c(c1)C(=O)N(C1CCC(=O)NC1=O)C3=O)C2. The molecule has 3 atom stereocenters. The number of anilines is 1. The fourth-order valence-electron chi connectivity index (χ4n) is 5.15. The fraction of sp³-hybridized carbons (Fsp3) is 0.500. The van der Waals surface area contributed by atoms with Crippen LogP contribution in [0.3, 0.4) is 0 Å². The number of nitrogens with zero attached hydrogens (tertiary/aromatic N) is 2. The molecule has 3 aliphatic heterocycles. The second-order valence-corrected chi connectivity index (χ2v) is 8.36. The van der Waals surface area contributed by atoms with Crippen LogP contribution < -0.4 is 16.0 Å². The lowest BCUT2D eigenvalue weighted by Gasteiger charge is -2.42. The summed E-state index contributed by atoms with van der Waals surface area (Å²) in [6, 6.07) is 4.37. The second-order valence-electron chi connectivity index (χ2n) is 8.36. The molecule has 3 fully saturated rings. The first-order chi connectivity index (χ1) is 13.4. The molecule has 0 radical (unpaired) electrons. The zero-order valence-corrected chi connectivity index (χ0v) is 15.4. The number of hydrogen-bond acceptors (Lipinski definition) is 6. The first-order valence-corrected chi connectivity index (χ1v) is 9.74. The zero-order valence-electron chi connectivity index (χ0n) is 15.4. The van der Waals surface area contributed by atoms with E-state index >= 15 is 0 Å². The number of fused-ring (bicyclic) bond motifs is 2.